The maximum absolute atomic E-state index is 3.49. The van der Waals surface area contributed by atoms with E-state index in [0.717, 1.165) is 12.8 Å². The number of fused-ring (bicyclic) bond motifs is 6. The van der Waals surface area contributed by atoms with Crippen LogP contribution in [0.3, 0.4) is 0 Å². The maximum atomic E-state index is 2.69. The van der Waals surface area contributed by atoms with E-state index in [2.05, 4.69) is 103 Å². The minimum atomic E-state index is -3.49. The topological polar surface area (TPSA) is 0 Å². The summed E-state index contributed by atoms with van der Waals surface area (Å²) >= 11 is -3.49. The van der Waals surface area contributed by atoms with Gasteiger partial charge in [0.25, 0.3) is 0 Å². The van der Waals surface area contributed by atoms with Crippen LogP contribution >= 0.6 is 24.8 Å². The van der Waals surface area contributed by atoms with Crippen LogP contribution in [0.25, 0.3) is 28.1 Å². The van der Waals surface area contributed by atoms with E-state index in [9.17, 15) is 0 Å². The van der Waals surface area contributed by atoms with Crippen molar-refractivity contribution >= 4 is 59.8 Å². The second kappa shape index (κ2) is 8.59. The van der Waals surface area contributed by atoms with Crippen LogP contribution in [-0.4, -0.2) is 6.88 Å². The van der Waals surface area contributed by atoms with Crippen LogP contribution in [0, 0.1) is 0 Å². The molecule has 0 aromatic heterocycles. The molecular weight excluding hydrogens is 551 g/mol. The molecule has 0 atom stereocenters. The summed E-state index contributed by atoms with van der Waals surface area (Å²) < 4.78 is 8.85. The maximum Gasteiger partial charge on any atom is -0.147 e. The standard InChI is InChI=1S/2C14H11.2CH3.2ClH.H2Si.Zr/c2*1-10-8-12-7-6-11-4-2-3-5-13(11)14(12)9-10;;;;;;/h2*2-7H,9H2,1H3;2*1H3;2*1H;1H2;. The van der Waals surface area contributed by atoms with E-state index in [1.54, 1.807) is 40.0 Å². The Balaban J connectivity index is 0.00000137. The van der Waals surface area contributed by atoms with E-state index >= 15 is 0 Å². The monoisotopic (exact) mass is 580 g/mol. The predicted molar refractivity (Wildman–Crippen MR) is 155 cm³/mol. The molecule has 0 bridgehead atoms. The third-order valence-electron chi connectivity index (χ3n) is 7.96. The second-order valence-corrected chi connectivity index (χ2v) is 39.2. The molecule has 4 aromatic rings. The van der Waals surface area contributed by atoms with Crippen molar-refractivity contribution in [1.82, 2.24) is 0 Å². The average Bonchev–Trinajstić information content (AvgIpc) is 3.30. The van der Waals surface area contributed by atoms with Gasteiger partial charge in [-0.2, -0.15) is 0 Å². The van der Waals surface area contributed by atoms with E-state index < -0.39 is 17.4 Å². The van der Waals surface area contributed by atoms with Crippen molar-refractivity contribution in [1.29, 1.82) is 0 Å². The smallest absolute Gasteiger partial charge is 0.147 e. The molecular formula is C30H32Cl2SiZr. The molecule has 0 saturated carbocycles. The quantitative estimate of drug-likeness (QED) is 0.208. The van der Waals surface area contributed by atoms with Crippen LogP contribution in [0.5, 0.6) is 0 Å². The molecule has 0 spiro atoms. The zero-order valence-corrected chi connectivity index (χ0v) is 25.9. The van der Waals surface area contributed by atoms with Crippen LogP contribution in [0.4, 0.5) is 0 Å². The van der Waals surface area contributed by atoms with Crippen LogP contribution in [0.2, 0.25) is 9.26 Å². The molecule has 174 valence electrons. The third-order valence-corrected chi connectivity index (χ3v) is 23.4. The summed E-state index contributed by atoms with van der Waals surface area (Å²) in [4.78, 5) is 0. The van der Waals surface area contributed by atoms with Crippen LogP contribution in [-0.2, 0) is 30.2 Å². The normalized spacial score (nSPS) is 15.3. The van der Waals surface area contributed by atoms with E-state index in [-0.39, 0.29) is 24.8 Å². The first kappa shape index (κ1) is 25.6. The zero-order chi connectivity index (χ0) is 22.3. The Bertz CT molecular complexity index is 1500. The largest absolute Gasteiger partial charge is 0.147 e. The van der Waals surface area contributed by atoms with Crippen molar-refractivity contribution in [3.05, 3.63) is 106 Å². The van der Waals surface area contributed by atoms with Gasteiger partial charge in [-0.15, -0.1) is 24.8 Å². The summed E-state index contributed by atoms with van der Waals surface area (Å²) in [5.41, 5.74) is 9.42. The number of hydrogen-bond donors (Lipinski definition) is 0. The fourth-order valence-electron chi connectivity index (χ4n) is 7.05. The van der Waals surface area contributed by atoms with E-state index in [4.69, 9.17) is 0 Å². The van der Waals surface area contributed by atoms with Crippen molar-refractivity contribution in [2.24, 2.45) is 0 Å². The number of rotatable bonds is 2. The summed E-state index contributed by atoms with van der Waals surface area (Å²) in [6, 6.07) is 27.4. The first-order chi connectivity index (χ1) is 15.2. The molecule has 2 aliphatic carbocycles. The molecule has 6 rings (SSSR count). The van der Waals surface area contributed by atoms with Crippen molar-refractivity contribution in [3.8, 4) is 0 Å². The Morgan fingerprint density at radius 2 is 0.971 bits per heavy atom. The number of allylic oxidation sites excluding steroid dienone is 2. The molecule has 0 heterocycles. The summed E-state index contributed by atoms with van der Waals surface area (Å²) in [5.74, 6) is 0. The fourth-order valence-corrected chi connectivity index (χ4v) is 26.0. The van der Waals surface area contributed by atoms with Gasteiger partial charge in [-0.3, -0.25) is 0 Å². The van der Waals surface area contributed by atoms with E-state index in [0.29, 0.717) is 0 Å². The minimum absolute atomic E-state index is 0. The predicted octanol–water partition coefficient (Wildman–Crippen LogP) is 8.44. The average molecular weight is 583 g/mol. The van der Waals surface area contributed by atoms with Gasteiger partial charge in [0.2, 0.25) is 0 Å². The first-order valence-electron chi connectivity index (χ1n) is 11.7. The number of halogens is 2. The van der Waals surface area contributed by atoms with Gasteiger partial charge in [0, 0.05) is 0 Å². The van der Waals surface area contributed by atoms with Gasteiger partial charge < -0.3 is 0 Å². The molecule has 0 amide bonds. The summed E-state index contributed by atoms with van der Waals surface area (Å²) in [5, 5.41) is 5.62. The second-order valence-electron chi connectivity index (χ2n) is 11.0. The van der Waals surface area contributed by atoms with Gasteiger partial charge >= 0.3 is 195 Å². The van der Waals surface area contributed by atoms with Gasteiger partial charge in [-0.1, -0.05) is 0 Å². The van der Waals surface area contributed by atoms with E-state index in [1.807, 2.05) is 0 Å². The van der Waals surface area contributed by atoms with Crippen LogP contribution in [0.1, 0.15) is 36.1 Å². The molecule has 0 radical (unpaired) electrons. The van der Waals surface area contributed by atoms with E-state index in [1.165, 1.54) is 21.5 Å². The zero-order valence-electron chi connectivity index (χ0n) is 20.4. The van der Waals surface area contributed by atoms with Crippen LogP contribution in [0.15, 0.2) is 83.9 Å². The summed E-state index contributed by atoms with van der Waals surface area (Å²) in [7, 11) is 0. The molecule has 34 heavy (non-hydrogen) atoms. The Labute approximate surface area is 217 Å². The molecule has 2 aliphatic rings. The molecule has 0 unspecified atom stereocenters. The molecule has 0 nitrogen and oxygen atoms in total. The Hall–Kier alpha value is -1.44. The van der Waals surface area contributed by atoms with Crippen molar-refractivity contribution in [3.63, 3.8) is 0 Å². The van der Waals surface area contributed by atoms with Gasteiger partial charge in [-0.25, -0.2) is 0 Å². The molecule has 4 heteroatoms. The molecule has 4 aromatic carbocycles. The Morgan fingerprint density at radius 3 is 1.38 bits per heavy atom. The summed E-state index contributed by atoms with van der Waals surface area (Å²) in [6.45, 7) is 7.21. The fraction of sp³-hybridized carbons (Fsp3) is 0.200. The van der Waals surface area contributed by atoms with Gasteiger partial charge in [0.15, 0.2) is 0 Å². The number of hydrogen-bond acceptors (Lipinski definition) is 0. The molecule has 0 aliphatic heterocycles. The molecule has 0 fully saturated rings. The van der Waals surface area contributed by atoms with Gasteiger partial charge in [0.1, 0.15) is 0 Å². The van der Waals surface area contributed by atoms with Gasteiger partial charge in [-0.05, 0) is 0 Å². The Kier molecular flexibility index (Phi) is 6.48. The molecule has 0 saturated heterocycles. The number of benzene rings is 4. The third kappa shape index (κ3) is 3.56. The van der Waals surface area contributed by atoms with Crippen LogP contribution < -0.4 is 0 Å². The molecule has 0 N–H and O–H groups in total. The van der Waals surface area contributed by atoms with Crippen molar-refractivity contribution < 1.29 is 17.4 Å². The Morgan fingerprint density at radius 1 is 0.588 bits per heavy atom. The van der Waals surface area contributed by atoms with Gasteiger partial charge in [0.05, 0.1) is 0 Å². The van der Waals surface area contributed by atoms with Crippen molar-refractivity contribution in [2.75, 3.05) is 0 Å². The van der Waals surface area contributed by atoms with Crippen molar-refractivity contribution in [2.45, 2.75) is 36.0 Å². The summed E-state index contributed by atoms with van der Waals surface area (Å²) in [6.07, 6.45) is 2.21. The first-order valence-corrected chi connectivity index (χ1v) is 25.0. The SMILES string of the molecule is CC1=[C]([Zr]([CH3])([CH3])(=[SiH2])[C]2=C(C)Cc3c2ccc2ccccc32)c2ccc3ccccc3c2C1.Cl.Cl. The minimum Gasteiger partial charge on any atom is -0.147 e.